The Morgan fingerprint density at radius 2 is 1.64 bits per heavy atom. The van der Waals surface area contributed by atoms with E-state index in [1.807, 2.05) is 0 Å². The Kier molecular flexibility index (Phi) is 6.49. The number of thiophene rings is 1. The fourth-order valence-corrected chi connectivity index (χ4v) is 4.97. The van der Waals surface area contributed by atoms with E-state index in [1.165, 1.54) is 29.5 Å². The second-order valence-electron chi connectivity index (χ2n) is 7.07. The summed E-state index contributed by atoms with van der Waals surface area (Å²) in [6, 6.07) is 15.1. The molecule has 0 radical (unpaired) electrons. The largest absolute Gasteiger partial charge is 0.457 e. The lowest BCUT2D eigenvalue weighted by Gasteiger charge is -2.10. The van der Waals surface area contributed by atoms with Gasteiger partial charge in [0.2, 0.25) is 10.0 Å². The van der Waals surface area contributed by atoms with Crippen molar-refractivity contribution >= 4 is 71.9 Å². The number of amides is 1. The molecule has 1 aromatic heterocycles. The fourth-order valence-electron chi connectivity index (χ4n) is 3.04. The van der Waals surface area contributed by atoms with Crippen LogP contribution in [0.2, 0.25) is 10.0 Å². The van der Waals surface area contributed by atoms with Crippen molar-refractivity contribution in [2.24, 2.45) is 0 Å². The lowest BCUT2D eigenvalue weighted by Crippen LogP contribution is -2.10. The standard InChI is InChI=1S/C22H15Cl2FN2O4S2/c1-33(29,30)27-16-2-3-20-12(4-16)5-21(32-20)22(28)26-17-7-14(24)9-19(11-17)31-18-8-13(23)6-15(25)10-18/h2-11,27H,1H3,(H,26,28). The topological polar surface area (TPSA) is 84.5 Å². The van der Waals surface area contributed by atoms with Crippen LogP contribution < -0.4 is 14.8 Å². The van der Waals surface area contributed by atoms with Crippen molar-refractivity contribution in [3.05, 3.63) is 81.4 Å². The second-order valence-corrected chi connectivity index (χ2v) is 10.8. The molecule has 0 unspecified atom stereocenters. The van der Waals surface area contributed by atoms with E-state index in [2.05, 4.69) is 10.0 Å². The molecule has 0 fully saturated rings. The Bertz CT molecular complexity index is 1470. The molecule has 0 atom stereocenters. The summed E-state index contributed by atoms with van der Waals surface area (Å²) >= 11 is 13.3. The first-order valence-electron chi connectivity index (χ1n) is 9.31. The lowest BCUT2D eigenvalue weighted by atomic mass is 10.2. The van der Waals surface area contributed by atoms with Crippen molar-refractivity contribution in [1.29, 1.82) is 0 Å². The van der Waals surface area contributed by atoms with E-state index < -0.39 is 15.8 Å². The third-order valence-corrected chi connectivity index (χ3v) is 6.40. The Balaban J connectivity index is 1.55. The molecule has 6 nitrogen and oxygen atoms in total. The summed E-state index contributed by atoms with van der Waals surface area (Å²) in [5.41, 5.74) is 0.783. The van der Waals surface area contributed by atoms with Crippen LogP contribution in [0.5, 0.6) is 11.5 Å². The Morgan fingerprint density at radius 1 is 0.939 bits per heavy atom. The van der Waals surface area contributed by atoms with Crippen molar-refractivity contribution in [3.8, 4) is 11.5 Å². The zero-order valence-electron chi connectivity index (χ0n) is 16.9. The third kappa shape index (κ3) is 6.14. The predicted molar refractivity (Wildman–Crippen MR) is 131 cm³/mol. The average molecular weight is 525 g/mol. The number of fused-ring (bicyclic) bond motifs is 1. The van der Waals surface area contributed by atoms with Gasteiger partial charge >= 0.3 is 0 Å². The number of nitrogens with one attached hydrogen (secondary N) is 2. The van der Waals surface area contributed by atoms with Gasteiger partial charge in [-0.1, -0.05) is 23.2 Å². The maximum Gasteiger partial charge on any atom is 0.265 e. The number of sulfonamides is 1. The van der Waals surface area contributed by atoms with E-state index in [9.17, 15) is 17.6 Å². The molecular formula is C22H15Cl2FN2O4S2. The van der Waals surface area contributed by atoms with Crippen LogP contribution in [-0.2, 0) is 10.0 Å². The second kappa shape index (κ2) is 9.18. The van der Waals surface area contributed by atoms with Gasteiger partial charge in [0.1, 0.15) is 17.3 Å². The van der Waals surface area contributed by atoms with Crippen LogP contribution in [0.25, 0.3) is 10.1 Å². The number of rotatable bonds is 6. The number of carbonyl (C=O) groups is 1. The summed E-state index contributed by atoms with van der Waals surface area (Å²) in [5.74, 6) is -0.460. The van der Waals surface area contributed by atoms with Crippen LogP contribution in [0.15, 0.2) is 60.7 Å². The number of hydrogen-bond acceptors (Lipinski definition) is 5. The van der Waals surface area contributed by atoms with Gasteiger partial charge in [0, 0.05) is 38.3 Å². The van der Waals surface area contributed by atoms with Gasteiger partial charge in [-0.15, -0.1) is 11.3 Å². The molecule has 170 valence electrons. The minimum absolute atomic E-state index is 0.181. The van der Waals surface area contributed by atoms with Crippen molar-refractivity contribution in [2.75, 3.05) is 16.3 Å². The number of hydrogen-bond donors (Lipinski definition) is 2. The molecule has 3 aromatic carbocycles. The molecule has 2 N–H and O–H groups in total. The molecule has 0 bridgehead atoms. The lowest BCUT2D eigenvalue weighted by molar-refractivity contribution is 0.103. The van der Waals surface area contributed by atoms with Crippen LogP contribution in [-0.4, -0.2) is 20.6 Å². The summed E-state index contributed by atoms with van der Waals surface area (Å²) in [7, 11) is -3.41. The van der Waals surface area contributed by atoms with E-state index in [0.29, 0.717) is 21.3 Å². The van der Waals surface area contributed by atoms with Crippen LogP contribution in [0.1, 0.15) is 9.67 Å². The average Bonchev–Trinajstić information content (AvgIpc) is 3.09. The maximum atomic E-state index is 13.6. The first kappa shape index (κ1) is 23.3. The number of benzene rings is 3. The summed E-state index contributed by atoms with van der Waals surface area (Å²) in [4.78, 5) is 13.2. The predicted octanol–water partition coefficient (Wildman–Crippen LogP) is 6.76. The highest BCUT2D eigenvalue weighted by atomic mass is 35.5. The third-order valence-electron chi connectivity index (χ3n) is 4.24. The van der Waals surface area contributed by atoms with E-state index in [1.54, 1.807) is 36.4 Å². The van der Waals surface area contributed by atoms with E-state index in [4.69, 9.17) is 27.9 Å². The van der Waals surface area contributed by atoms with Crippen molar-refractivity contribution in [3.63, 3.8) is 0 Å². The van der Waals surface area contributed by atoms with Crippen LogP contribution in [0, 0.1) is 5.82 Å². The highest BCUT2D eigenvalue weighted by Crippen LogP contribution is 2.32. The van der Waals surface area contributed by atoms with Crippen LogP contribution in [0.4, 0.5) is 15.8 Å². The molecule has 1 heterocycles. The molecular weight excluding hydrogens is 510 g/mol. The normalized spacial score (nSPS) is 11.4. The van der Waals surface area contributed by atoms with Crippen molar-refractivity contribution in [2.45, 2.75) is 0 Å². The van der Waals surface area contributed by atoms with E-state index in [0.717, 1.165) is 22.4 Å². The number of halogens is 3. The van der Waals surface area contributed by atoms with Gasteiger partial charge < -0.3 is 10.1 Å². The minimum Gasteiger partial charge on any atom is -0.457 e. The number of carbonyl (C=O) groups excluding carboxylic acids is 1. The highest BCUT2D eigenvalue weighted by molar-refractivity contribution is 7.92. The Labute approximate surface area is 203 Å². The van der Waals surface area contributed by atoms with E-state index in [-0.39, 0.29) is 22.4 Å². The molecule has 0 aliphatic rings. The van der Waals surface area contributed by atoms with Gasteiger partial charge in [-0.2, -0.15) is 0 Å². The van der Waals surface area contributed by atoms with Gasteiger partial charge in [0.05, 0.1) is 11.1 Å². The highest BCUT2D eigenvalue weighted by Gasteiger charge is 2.13. The molecule has 4 rings (SSSR count). The van der Waals surface area contributed by atoms with Gasteiger partial charge in [0.25, 0.3) is 5.91 Å². The van der Waals surface area contributed by atoms with Crippen LogP contribution in [0.3, 0.4) is 0 Å². The zero-order chi connectivity index (χ0) is 23.8. The SMILES string of the molecule is CS(=O)(=O)Nc1ccc2sc(C(=O)Nc3cc(Cl)cc(Oc4cc(F)cc(Cl)c4)c3)cc2c1. The molecule has 11 heteroatoms. The Morgan fingerprint density at radius 3 is 2.33 bits per heavy atom. The zero-order valence-corrected chi connectivity index (χ0v) is 20.0. The molecule has 33 heavy (non-hydrogen) atoms. The summed E-state index contributed by atoms with van der Waals surface area (Å²) in [6.45, 7) is 0. The van der Waals surface area contributed by atoms with Crippen molar-refractivity contribution < 1.29 is 22.3 Å². The van der Waals surface area contributed by atoms with Gasteiger partial charge in [-0.25, -0.2) is 12.8 Å². The number of anilines is 2. The first-order chi connectivity index (χ1) is 15.5. The maximum absolute atomic E-state index is 13.6. The molecule has 0 spiro atoms. The van der Waals surface area contributed by atoms with Gasteiger partial charge in [-0.3, -0.25) is 9.52 Å². The summed E-state index contributed by atoms with van der Waals surface area (Å²) < 4.78 is 45.3. The molecule has 0 aliphatic heterocycles. The molecule has 0 aliphatic carbocycles. The van der Waals surface area contributed by atoms with E-state index >= 15 is 0 Å². The van der Waals surface area contributed by atoms with Gasteiger partial charge in [-0.05, 0) is 53.9 Å². The Hall–Kier alpha value is -2.85. The van der Waals surface area contributed by atoms with Crippen LogP contribution >= 0.6 is 34.5 Å². The molecule has 1 amide bonds. The summed E-state index contributed by atoms with van der Waals surface area (Å²) in [5, 5.41) is 3.96. The summed E-state index contributed by atoms with van der Waals surface area (Å²) in [6.07, 6.45) is 1.07. The smallest absolute Gasteiger partial charge is 0.265 e. The van der Waals surface area contributed by atoms with Gasteiger partial charge in [0.15, 0.2) is 0 Å². The quantitative estimate of drug-likeness (QED) is 0.291. The fraction of sp³-hybridized carbons (Fsp3) is 0.0455. The number of ether oxygens (including phenoxy) is 1. The monoisotopic (exact) mass is 524 g/mol. The molecule has 4 aromatic rings. The molecule has 0 saturated carbocycles. The minimum atomic E-state index is -3.41. The molecule has 0 saturated heterocycles. The van der Waals surface area contributed by atoms with Crippen molar-refractivity contribution in [1.82, 2.24) is 0 Å². The first-order valence-corrected chi connectivity index (χ1v) is 12.8.